The van der Waals surface area contributed by atoms with E-state index in [1.165, 1.54) is 0 Å². The third-order valence-corrected chi connectivity index (χ3v) is 4.41. The number of carbonyl (C=O) groups excluding carboxylic acids is 2. The first kappa shape index (κ1) is 23.7. The zero-order valence-electron chi connectivity index (χ0n) is 16.6. The number of hydrogen-bond acceptors (Lipinski definition) is 4. The number of ether oxygens (including phenoxy) is 2. The summed E-state index contributed by atoms with van der Waals surface area (Å²) in [4.78, 5) is 25.4. The van der Waals surface area contributed by atoms with Gasteiger partial charge in [-0.05, 0) is 25.7 Å². The summed E-state index contributed by atoms with van der Waals surface area (Å²) in [6.07, 6.45) is 11.3. The van der Waals surface area contributed by atoms with E-state index in [1.807, 2.05) is 6.92 Å². The van der Waals surface area contributed by atoms with Gasteiger partial charge in [0.05, 0.1) is 13.2 Å². The molecule has 0 fully saturated rings. The quantitative estimate of drug-likeness (QED) is 0.157. The van der Waals surface area contributed by atoms with E-state index in [9.17, 15) is 9.59 Å². The summed E-state index contributed by atoms with van der Waals surface area (Å²) in [5.41, 5.74) is -1.23. The van der Waals surface area contributed by atoms with E-state index in [1.54, 1.807) is 6.08 Å². The van der Waals surface area contributed by atoms with E-state index in [4.69, 9.17) is 9.47 Å². The summed E-state index contributed by atoms with van der Waals surface area (Å²) in [5, 5.41) is 0. The van der Waals surface area contributed by atoms with Gasteiger partial charge in [-0.25, -0.2) is 0 Å². The van der Waals surface area contributed by atoms with Gasteiger partial charge in [0.2, 0.25) is 0 Å². The maximum Gasteiger partial charge on any atom is 0.323 e. The van der Waals surface area contributed by atoms with Crippen molar-refractivity contribution >= 4 is 11.9 Å². The molecule has 0 heterocycles. The van der Waals surface area contributed by atoms with Gasteiger partial charge in [-0.2, -0.15) is 0 Å². The van der Waals surface area contributed by atoms with E-state index < -0.39 is 17.4 Å². The maximum absolute atomic E-state index is 12.7. The second-order valence-electron chi connectivity index (χ2n) is 6.72. The highest BCUT2D eigenvalue weighted by Gasteiger charge is 2.47. The molecule has 0 aromatic carbocycles. The van der Waals surface area contributed by atoms with Crippen molar-refractivity contribution in [3.05, 3.63) is 12.7 Å². The van der Waals surface area contributed by atoms with Crippen LogP contribution in [0, 0.1) is 5.41 Å². The van der Waals surface area contributed by atoms with Crippen LogP contribution in [-0.4, -0.2) is 25.2 Å². The molecule has 0 bridgehead atoms. The minimum Gasteiger partial charge on any atom is -0.465 e. The Balaban J connectivity index is 4.75. The van der Waals surface area contributed by atoms with Gasteiger partial charge >= 0.3 is 11.9 Å². The van der Waals surface area contributed by atoms with Gasteiger partial charge in [-0.15, -0.1) is 6.58 Å². The average molecular weight is 355 g/mol. The number of carbonyl (C=O) groups is 2. The third-order valence-electron chi connectivity index (χ3n) is 4.41. The molecule has 4 heteroatoms. The van der Waals surface area contributed by atoms with Crippen molar-refractivity contribution in [1.29, 1.82) is 0 Å². The Morgan fingerprint density at radius 1 is 0.800 bits per heavy atom. The molecular weight excluding hydrogens is 316 g/mol. The van der Waals surface area contributed by atoms with Crippen molar-refractivity contribution in [2.45, 2.75) is 91.4 Å². The van der Waals surface area contributed by atoms with E-state index >= 15 is 0 Å². The molecule has 0 aliphatic rings. The van der Waals surface area contributed by atoms with E-state index in [0.717, 1.165) is 51.4 Å². The molecule has 4 nitrogen and oxygen atoms in total. The molecule has 25 heavy (non-hydrogen) atoms. The minimum absolute atomic E-state index is 0.266. The number of esters is 2. The van der Waals surface area contributed by atoms with Crippen molar-refractivity contribution < 1.29 is 19.1 Å². The molecule has 0 aliphatic carbocycles. The van der Waals surface area contributed by atoms with Crippen LogP contribution in [0.15, 0.2) is 12.7 Å². The molecule has 146 valence electrons. The first-order valence-corrected chi connectivity index (χ1v) is 10.0. The van der Waals surface area contributed by atoms with Gasteiger partial charge in [0.1, 0.15) is 0 Å². The lowest BCUT2D eigenvalue weighted by Gasteiger charge is -2.28. The number of rotatable bonds is 16. The standard InChI is InChI=1S/C21H38O4/c1-5-9-11-13-17-24-19(22)21(15-7-3,16-8-4)20(23)25-18-14-12-10-6-2/h7H,3,5-6,8-18H2,1-2,4H3. The molecule has 0 aromatic heterocycles. The van der Waals surface area contributed by atoms with Gasteiger partial charge in [0, 0.05) is 0 Å². The Morgan fingerprint density at radius 2 is 1.28 bits per heavy atom. The Labute approximate surface area is 154 Å². The van der Waals surface area contributed by atoms with Crippen LogP contribution in [0.1, 0.15) is 91.4 Å². The SMILES string of the molecule is C=CCC(CCC)(C(=O)OCCCCCC)C(=O)OCCCCCC. The molecular formula is C21H38O4. The van der Waals surface area contributed by atoms with Crippen molar-refractivity contribution in [3.8, 4) is 0 Å². The Bertz CT molecular complexity index is 350. The summed E-state index contributed by atoms with van der Waals surface area (Å²) in [7, 11) is 0. The highest BCUT2D eigenvalue weighted by Crippen LogP contribution is 2.32. The summed E-state index contributed by atoms with van der Waals surface area (Å²) in [5.74, 6) is -0.909. The molecule has 0 atom stereocenters. The Kier molecular flexibility index (Phi) is 14.2. The van der Waals surface area contributed by atoms with Crippen LogP contribution in [0.5, 0.6) is 0 Å². The van der Waals surface area contributed by atoms with Gasteiger partial charge in [0.25, 0.3) is 0 Å². The fraction of sp³-hybridized carbons (Fsp3) is 0.810. The molecule has 0 aliphatic heterocycles. The number of allylic oxidation sites excluding steroid dienone is 1. The Morgan fingerprint density at radius 3 is 1.64 bits per heavy atom. The average Bonchev–Trinajstić information content (AvgIpc) is 2.60. The molecule has 0 amide bonds. The minimum atomic E-state index is -1.23. The topological polar surface area (TPSA) is 52.6 Å². The predicted molar refractivity (Wildman–Crippen MR) is 102 cm³/mol. The normalized spacial score (nSPS) is 11.2. The fourth-order valence-corrected chi connectivity index (χ4v) is 2.89. The van der Waals surface area contributed by atoms with Crippen molar-refractivity contribution in [2.24, 2.45) is 5.41 Å². The summed E-state index contributed by atoms with van der Waals surface area (Å²) >= 11 is 0. The number of hydrogen-bond donors (Lipinski definition) is 0. The molecule has 0 rings (SSSR count). The number of unbranched alkanes of at least 4 members (excludes halogenated alkanes) is 6. The van der Waals surface area contributed by atoms with Crippen molar-refractivity contribution in [1.82, 2.24) is 0 Å². The van der Waals surface area contributed by atoms with Crippen LogP contribution >= 0.6 is 0 Å². The zero-order chi connectivity index (χ0) is 19.0. The molecule has 0 saturated heterocycles. The largest absolute Gasteiger partial charge is 0.465 e. The Hall–Kier alpha value is -1.32. The van der Waals surface area contributed by atoms with Gasteiger partial charge < -0.3 is 9.47 Å². The smallest absolute Gasteiger partial charge is 0.323 e. The van der Waals surface area contributed by atoms with Crippen LogP contribution in [0.4, 0.5) is 0 Å². The lowest BCUT2D eigenvalue weighted by atomic mass is 9.80. The first-order chi connectivity index (χ1) is 12.1. The van der Waals surface area contributed by atoms with Crippen LogP contribution in [0.3, 0.4) is 0 Å². The van der Waals surface area contributed by atoms with Gasteiger partial charge in [-0.1, -0.05) is 71.8 Å². The monoisotopic (exact) mass is 354 g/mol. The van der Waals surface area contributed by atoms with Gasteiger partial charge in [-0.3, -0.25) is 9.59 Å². The highest BCUT2D eigenvalue weighted by atomic mass is 16.6. The third kappa shape index (κ3) is 9.08. The molecule has 0 spiro atoms. The predicted octanol–water partition coefficient (Wildman–Crippen LogP) is 5.60. The van der Waals surface area contributed by atoms with E-state index in [0.29, 0.717) is 26.1 Å². The lowest BCUT2D eigenvalue weighted by molar-refractivity contribution is -0.173. The molecule has 0 aromatic rings. The fourth-order valence-electron chi connectivity index (χ4n) is 2.89. The second kappa shape index (κ2) is 15.0. The van der Waals surface area contributed by atoms with Crippen molar-refractivity contribution in [3.63, 3.8) is 0 Å². The molecule has 0 unspecified atom stereocenters. The molecule has 0 radical (unpaired) electrons. The summed E-state index contributed by atoms with van der Waals surface area (Å²) in [6, 6.07) is 0. The second-order valence-corrected chi connectivity index (χ2v) is 6.72. The highest BCUT2D eigenvalue weighted by molar-refractivity contribution is 6.00. The van der Waals surface area contributed by atoms with Crippen LogP contribution in [0.2, 0.25) is 0 Å². The summed E-state index contributed by atoms with van der Waals surface area (Å²) in [6.45, 7) is 10.7. The zero-order valence-corrected chi connectivity index (χ0v) is 16.6. The van der Waals surface area contributed by atoms with Crippen molar-refractivity contribution in [2.75, 3.05) is 13.2 Å². The van der Waals surface area contributed by atoms with Gasteiger partial charge in [0.15, 0.2) is 5.41 Å². The summed E-state index contributed by atoms with van der Waals surface area (Å²) < 4.78 is 10.9. The van der Waals surface area contributed by atoms with Crippen LogP contribution in [-0.2, 0) is 19.1 Å². The van der Waals surface area contributed by atoms with E-state index in [-0.39, 0.29) is 6.42 Å². The first-order valence-electron chi connectivity index (χ1n) is 10.0. The molecule has 0 saturated carbocycles. The maximum atomic E-state index is 12.7. The van der Waals surface area contributed by atoms with Crippen LogP contribution in [0.25, 0.3) is 0 Å². The van der Waals surface area contributed by atoms with Crippen LogP contribution < -0.4 is 0 Å². The van der Waals surface area contributed by atoms with E-state index in [2.05, 4.69) is 20.4 Å². The molecule has 0 N–H and O–H groups in total. The lowest BCUT2D eigenvalue weighted by Crippen LogP contribution is -2.42.